The third kappa shape index (κ3) is 4.41. The van der Waals surface area contributed by atoms with Crippen LogP contribution in [0.1, 0.15) is 27.0 Å². The molecular formula is C21H16Cl2O2. The van der Waals surface area contributed by atoms with Gasteiger partial charge in [0.15, 0.2) is 0 Å². The fraction of sp³-hybridized carbons (Fsp3) is 0.0952. The zero-order chi connectivity index (χ0) is 17.8. The van der Waals surface area contributed by atoms with Crippen molar-refractivity contribution in [2.24, 2.45) is 0 Å². The fourth-order valence-corrected chi connectivity index (χ4v) is 2.87. The molecule has 0 unspecified atom stereocenters. The van der Waals surface area contributed by atoms with Crippen molar-refractivity contribution in [3.05, 3.63) is 99.0 Å². The van der Waals surface area contributed by atoms with Crippen LogP contribution >= 0.6 is 23.2 Å². The summed E-state index contributed by atoms with van der Waals surface area (Å²) in [6.07, 6.45) is 0.588. The zero-order valence-electron chi connectivity index (χ0n) is 13.6. The van der Waals surface area contributed by atoms with Gasteiger partial charge in [0.2, 0.25) is 0 Å². The van der Waals surface area contributed by atoms with Crippen LogP contribution in [0.25, 0.3) is 0 Å². The van der Waals surface area contributed by atoms with E-state index in [4.69, 9.17) is 27.9 Å². The van der Waals surface area contributed by atoms with Crippen LogP contribution in [0.4, 0.5) is 0 Å². The van der Waals surface area contributed by atoms with Gasteiger partial charge in [-0.2, -0.15) is 0 Å². The van der Waals surface area contributed by atoms with Gasteiger partial charge in [-0.3, -0.25) is 0 Å². The number of benzene rings is 3. The molecule has 0 N–H and O–H groups in total. The van der Waals surface area contributed by atoms with Crippen molar-refractivity contribution in [3.63, 3.8) is 0 Å². The Kier molecular flexibility index (Phi) is 5.42. The lowest BCUT2D eigenvalue weighted by atomic mass is 10.0. The van der Waals surface area contributed by atoms with Crippen LogP contribution < -0.4 is 4.74 Å². The van der Waals surface area contributed by atoms with Gasteiger partial charge >= 0.3 is 5.97 Å². The Hall–Kier alpha value is -2.29. The maximum Gasteiger partial charge on any atom is 0.343 e. The summed E-state index contributed by atoms with van der Waals surface area (Å²) < 4.78 is 5.61. The highest BCUT2D eigenvalue weighted by Gasteiger charge is 2.13. The number of hydrogen-bond acceptors (Lipinski definition) is 2. The second-order valence-corrected chi connectivity index (χ2v) is 6.62. The summed E-state index contributed by atoms with van der Waals surface area (Å²) in [5, 5.41) is 1.27. The Morgan fingerprint density at radius 2 is 1.64 bits per heavy atom. The largest absolute Gasteiger partial charge is 0.423 e. The molecule has 0 bridgehead atoms. The van der Waals surface area contributed by atoms with Crippen molar-refractivity contribution in [1.29, 1.82) is 0 Å². The summed E-state index contributed by atoms with van der Waals surface area (Å²) in [4.78, 5) is 12.4. The minimum Gasteiger partial charge on any atom is -0.423 e. The van der Waals surface area contributed by atoms with Gasteiger partial charge in [-0.15, -0.1) is 0 Å². The number of aryl methyl sites for hydroxylation is 1. The third-order valence-electron chi connectivity index (χ3n) is 3.84. The van der Waals surface area contributed by atoms with Crippen molar-refractivity contribution in [2.75, 3.05) is 0 Å². The fourth-order valence-electron chi connectivity index (χ4n) is 2.54. The first kappa shape index (κ1) is 17.5. The SMILES string of the molecule is Cc1ccc(OC(=O)c2ccc(Cl)cc2)c(Cc2ccccc2Cl)c1. The summed E-state index contributed by atoms with van der Waals surface area (Å²) in [5.41, 5.74) is 3.44. The standard InChI is InChI=1S/C21H16Cl2O2/c1-14-6-11-20(25-21(24)15-7-9-18(22)10-8-15)17(12-14)13-16-4-2-3-5-19(16)23/h2-12H,13H2,1H3. The van der Waals surface area contributed by atoms with Crippen LogP contribution in [-0.4, -0.2) is 5.97 Å². The van der Waals surface area contributed by atoms with E-state index in [-0.39, 0.29) is 0 Å². The van der Waals surface area contributed by atoms with E-state index in [0.29, 0.717) is 27.8 Å². The minimum absolute atomic E-state index is 0.416. The third-order valence-corrected chi connectivity index (χ3v) is 4.46. The van der Waals surface area contributed by atoms with E-state index in [9.17, 15) is 4.79 Å². The van der Waals surface area contributed by atoms with Crippen molar-refractivity contribution >= 4 is 29.2 Å². The molecule has 3 aromatic rings. The Morgan fingerprint density at radius 1 is 0.920 bits per heavy atom. The molecule has 25 heavy (non-hydrogen) atoms. The monoisotopic (exact) mass is 370 g/mol. The predicted octanol–water partition coefficient (Wildman–Crippen LogP) is 6.11. The first-order valence-corrected chi connectivity index (χ1v) is 8.59. The number of esters is 1. The minimum atomic E-state index is -0.416. The van der Waals surface area contributed by atoms with Crippen molar-refractivity contribution in [3.8, 4) is 5.75 Å². The Balaban J connectivity index is 1.87. The molecule has 0 saturated heterocycles. The second-order valence-electron chi connectivity index (χ2n) is 5.78. The zero-order valence-corrected chi connectivity index (χ0v) is 15.1. The molecule has 0 spiro atoms. The molecule has 0 heterocycles. The molecule has 0 saturated carbocycles. The van der Waals surface area contributed by atoms with E-state index in [1.807, 2.05) is 49.4 Å². The molecule has 0 atom stereocenters. The number of carbonyl (C=O) groups is 1. The molecule has 3 rings (SSSR count). The number of hydrogen-bond donors (Lipinski definition) is 0. The lowest BCUT2D eigenvalue weighted by Gasteiger charge is -2.12. The summed E-state index contributed by atoms with van der Waals surface area (Å²) >= 11 is 12.1. The van der Waals surface area contributed by atoms with Crippen LogP contribution in [0.15, 0.2) is 66.7 Å². The van der Waals surface area contributed by atoms with E-state index in [1.54, 1.807) is 24.3 Å². The maximum absolute atomic E-state index is 12.4. The molecule has 0 radical (unpaired) electrons. The van der Waals surface area contributed by atoms with Crippen molar-refractivity contribution < 1.29 is 9.53 Å². The highest BCUT2D eigenvalue weighted by atomic mass is 35.5. The first-order chi connectivity index (χ1) is 12.0. The number of halogens is 2. The van der Waals surface area contributed by atoms with Gasteiger partial charge in [0, 0.05) is 16.5 Å². The number of rotatable bonds is 4. The normalized spacial score (nSPS) is 10.5. The Labute approximate surface area is 157 Å². The van der Waals surface area contributed by atoms with Crippen LogP contribution in [0.5, 0.6) is 5.75 Å². The van der Waals surface area contributed by atoms with Crippen LogP contribution in [0.3, 0.4) is 0 Å². The molecule has 0 aliphatic carbocycles. The molecule has 0 aliphatic heterocycles. The Morgan fingerprint density at radius 3 is 2.36 bits per heavy atom. The summed E-state index contributed by atoms with van der Waals surface area (Å²) in [7, 11) is 0. The van der Waals surface area contributed by atoms with E-state index in [0.717, 1.165) is 16.7 Å². The summed E-state index contributed by atoms with van der Waals surface area (Å²) in [6.45, 7) is 2.00. The van der Waals surface area contributed by atoms with Crippen LogP contribution in [-0.2, 0) is 6.42 Å². The summed E-state index contributed by atoms with van der Waals surface area (Å²) in [6, 6.07) is 20.0. The molecular weight excluding hydrogens is 355 g/mol. The van der Waals surface area contributed by atoms with Gasteiger partial charge in [-0.25, -0.2) is 4.79 Å². The van der Waals surface area contributed by atoms with E-state index in [1.165, 1.54) is 0 Å². The average molecular weight is 371 g/mol. The van der Waals surface area contributed by atoms with Crippen LogP contribution in [0.2, 0.25) is 10.0 Å². The van der Waals surface area contributed by atoms with Crippen molar-refractivity contribution in [2.45, 2.75) is 13.3 Å². The van der Waals surface area contributed by atoms with Gasteiger partial charge < -0.3 is 4.74 Å². The second kappa shape index (κ2) is 7.73. The molecule has 0 aliphatic rings. The smallest absolute Gasteiger partial charge is 0.343 e. The molecule has 0 fully saturated rings. The predicted molar refractivity (Wildman–Crippen MR) is 102 cm³/mol. The molecule has 3 aromatic carbocycles. The van der Waals surface area contributed by atoms with E-state index < -0.39 is 5.97 Å². The molecule has 2 nitrogen and oxygen atoms in total. The highest BCUT2D eigenvalue weighted by molar-refractivity contribution is 6.31. The number of carbonyl (C=O) groups excluding carboxylic acids is 1. The molecule has 0 aromatic heterocycles. The molecule has 4 heteroatoms. The van der Waals surface area contributed by atoms with Gasteiger partial charge in [0.1, 0.15) is 5.75 Å². The van der Waals surface area contributed by atoms with Gasteiger partial charge in [-0.1, -0.05) is 59.1 Å². The van der Waals surface area contributed by atoms with Gasteiger partial charge in [-0.05, 0) is 54.4 Å². The van der Waals surface area contributed by atoms with Gasteiger partial charge in [0.05, 0.1) is 5.56 Å². The van der Waals surface area contributed by atoms with Crippen LogP contribution in [0, 0.1) is 6.92 Å². The summed E-state index contributed by atoms with van der Waals surface area (Å²) in [5.74, 6) is 0.117. The van der Waals surface area contributed by atoms with E-state index >= 15 is 0 Å². The highest BCUT2D eigenvalue weighted by Crippen LogP contribution is 2.27. The van der Waals surface area contributed by atoms with Gasteiger partial charge in [0.25, 0.3) is 0 Å². The molecule has 0 amide bonds. The van der Waals surface area contributed by atoms with E-state index in [2.05, 4.69) is 0 Å². The molecule has 126 valence electrons. The number of ether oxygens (including phenoxy) is 1. The quantitative estimate of drug-likeness (QED) is 0.408. The average Bonchev–Trinajstić information content (AvgIpc) is 2.60. The lowest BCUT2D eigenvalue weighted by molar-refractivity contribution is 0.0733. The lowest BCUT2D eigenvalue weighted by Crippen LogP contribution is -2.10. The first-order valence-electron chi connectivity index (χ1n) is 7.83. The Bertz CT molecular complexity index is 902. The van der Waals surface area contributed by atoms with Crippen molar-refractivity contribution in [1.82, 2.24) is 0 Å². The maximum atomic E-state index is 12.4. The topological polar surface area (TPSA) is 26.3 Å².